The van der Waals surface area contributed by atoms with Crippen molar-refractivity contribution in [3.8, 4) is 0 Å². The van der Waals surface area contributed by atoms with E-state index in [2.05, 4.69) is 45.7 Å². The lowest BCUT2D eigenvalue weighted by molar-refractivity contribution is -0.135. The Bertz CT molecular complexity index is 570. The molecule has 140 valence electrons. The van der Waals surface area contributed by atoms with Gasteiger partial charge in [0.05, 0.1) is 12.6 Å². The zero-order valence-corrected chi connectivity index (χ0v) is 16.1. The molecule has 0 bridgehead atoms. The van der Waals surface area contributed by atoms with Crippen LogP contribution >= 0.6 is 0 Å². The fourth-order valence-electron chi connectivity index (χ4n) is 4.30. The number of nitrogens with zero attached hydrogens (tertiary/aromatic N) is 6. The summed E-state index contributed by atoms with van der Waals surface area (Å²) in [5.41, 5.74) is 0. The molecule has 0 N–H and O–H groups in total. The van der Waals surface area contributed by atoms with Gasteiger partial charge in [0.1, 0.15) is 12.2 Å². The van der Waals surface area contributed by atoms with Crippen LogP contribution in [0.5, 0.6) is 0 Å². The predicted octanol–water partition coefficient (Wildman–Crippen LogP) is 0.998. The van der Waals surface area contributed by atoms with Gasteiger partial charge in [-0.3, -0.25) is 14.6 Å². The Kier molecular flexibility index (Phi) is 5.74. The largest absolute Gasteiger partial charge is 0.341 e. The van der Waals surface area contributed by atoms with Gasteiger partial charge in [-0.2, -0.15) is 0 Å². The predicted molar refractivity (Wildman–Crippen MR) is 97.0 cm³/mol. The molecule has 3 heterocycles. The molecule has 3 rings (SSSR count). The molecule has 0 aromatic carbocycles. The highest BCUT2D eigenvalue weighted by Gasteiger charge is 2.29. The van der Waals surface area contributed by atoms with Crippen molar-refractivity contribution in [1.29, 1.82) is 0 Å². The summed E-state index contributed by atoms with van der Waals surface area (Å²) in [6.45, 7) is 12.9. The second-order valence-corrected chi connectivity index (χ2v) is 8.03. The Morgan fingerprint density at radius 1 is 1.20 bits per heavy atom. The van der Waals surface area contributed by atoms with Gasteiger partial charge in [-0.05, 0) is 25.2 Å². The molecular formula is C18H32N6O. The lowest BCUT2D eigenvalue weighted by atomic mass is 9.92. The number of carbonyl (C=O) groups excluding carboxylic acids is 1. The van der Waals surface area contributed by atoms with Crippen molar-refractivity contribution in [1.82, 2.24) is 29.5 Å². The smallest absolute Gasteiger partial charge is 0.236 e. The lowest BCUT2D eigenvalue weighted by Gasteiger charge is -2.39. The van der Waals surface area contributed by atoms with Crippen LogP contribution in [0.1, 0.15) is 39.1 Å². The van der Waals surface area contributed by atoms with Crippen molar-refractivity contribution < 1.29 is 4.79 Å². The summed E-state index contributed by atoms with van der Waals surface area (Å²) in [6.07, 6.45) is 2.99. The summed E-state index contributed by atoms with van der Waals surface area (Å²) >= 11 is 0. The van der Waals surface area contributed by atoms with Crippen molar-refractivity contribution in [2.24, 2.45) is 18.9 Å². The number of hydrogen-bond acceptors (Lipinski definition) is 5. The maximum Gasteiger partial charge on any atom is 0.236 e. The molecule has 0 saturated carbocycles. The molecule has 0 radical (unpaired) electrons. The number of aryl methyl sites for hydroxylation is 1. The zero-order chi connectivity index (χ0) is 18.0. The maximum atomic E-state index is 12.7. The minimum atomic E-state index is 0.258. The summed E-state index contributed by atoms with van der Waals surface area (Å²) in [4.78, 5) is 19.5. The Balaban J connectivity index is 1.47. The van der Waals surface area contributed by atoms with E-state index in [-0.39, 0.29) is 6.04 Å². The standard InChI is InChI=1S/C18H32N6O/c1-14-9-15(2)11-24(10-14)17(25)12-22-5-7-23(8-6-22)16(3)18-20-19-13-21(18)4/h13-16H,5-12H2,1-4H3/t14-,15-,16+/m1/s1. The number of likely N-dealkylation sites (tertiary alicyclic amines) is 1. The van der Waals surface area contributed by atoms with E-state index < -0.39 is 0 Å². The molecule has 0 unspecified atom stereocenters. The molecule has 2 aliphatic heterocycles. The molecule has 7 heteroatoms. The molecule has 7 nitrogen and oxygen atoms in total. The van der Waals surface area contributed by atoms with Crippen LogP contribution in [0.25, 0.3) is 0 Å². The van der Waals surface area contributed by atoms with E-state index in [0.717, 1.165) is 45.1 Å². The van der Waals surface area contributed by atoms with Crippen molar-refractivity contribution in [2.75, 3.05) is 45.8 Å². The summed E-state index contributed by atoms with van der Waals surface area (Å²) in [5.74, 6) is 2.54. The van der Waals surface area contributed by atoms with Crippen molar-refractivity contribution in [3.63, 3.8) is 0 Å². The molecule has 25 heavy (non-hydrogen) atoms. The summed E-state index contributed by atoms with van der Waals surface area (Å²) < 4.78 is 1.99. The van der Waals surface area contributed by atoms with Crippen LogP contribution in [-0.2, 0) is 11.8 Å². The molecule has 3 atom stereocenters. The van der Waals surface area contributed by atoms with Crippen LogP contribution in [0, 0.1) is 11.8 Å². The fraction of sp³-hybridized carbons (Fsp3) is 0.833. The van der Waals surface area contributed by atoms with Crippen molar-refractivity contribution in [2.45, 2.75) is 33.2 Å². The lowest BCUT2D eigenvalue weighted by Crippen LogP contribution is -2.52. The summed E-state index contributed by atoms with van der Waals surface area (Å²) in [7, 11) is 1.99. The second-order valence-electron chi connectivity index (χ2n) is 8.03. The normalized spacial score (nSPS) is 27.4. The van der Waals surface area contributed by atoms with Gasteiger partial charge in [0.15, 0.2) is 0 Å². The zero-order valence-electron chi connectivity index (χ0n) is 16.1. The number of hydrogen-bond donors (Lipinski definition) is 0. The summed E-state index contributed by atoms with van der Waals surface area (Å²) in [6, 6.07) is 0.258. The molecule has 1 aromatic heterocycles. The van der Waals surface area contributed by atoms with Gasteiger partial charge < -0.3 is 9.47 Å². The van der Waals surface area contributed by atoms with E-state index in [1.54, 1.807) is 6.33 Å². The van der Waals surface area contributed by atoms with Gasteiger partial charge in [0, 0.05) is 46.3 Å². The molecule has 1 amide bonds. The first-order valence-electron chi connectivity index (χ1n) is 9.52. The molecular weight excluding hydrogens is 316 g/mol. The number of piperidine rings is 1. The molecule has 2 aliphatic rings. The quantitative estimate of drug-likeness (QED) is 0.812. The Hall–Kier alpha value is -1.47. The number of piperazine rings is 1. The molecule has 0 aliphatic carbocycles. The Morgan fingerprint density at radius 2 is 1.84 bits per heavy atom. The van der Waals surface area contributed by atoms with Gasteiger partial charge in [-0.25, -0.2) is 0 Å². The van der Waals surface area contributed by atoms with Crippen LogP contribution in [0.2, 0.25) is 0 Å². The second kappa shape index (κ2) is 7.83. The average molecular weight is 348 g/mol. The first-order valence-corrected chi connectivity index (χ1v) is 9.52. The SMILES string of the molecule is C[C@@H]1C[C@@H](C)CN(C(=O)CN2CCN([C@@H](C)c3nncn3C)CC2)C1. The molecule has 1 aromatic rings. The molecule has 2 fully saturated rings. The van der Waals surface area contributed by atoms with E-state index in [4.69, 9.17) is 0 Å². The molecule has 2 saturated heterocycles. The minimum absolute atomic E-state index is 0.258. The van der Waals surface area contributed by atoms with Gasteiger partial charge in [0.2, 0.25) is 5.91 Å². The maximum absolute atomic E-state index is 12.7. The van der Waals surface area contributed by atoms with Crippen LogP contribution in [-0.4, -0.2) is 81.2 Å². The third-order valence-electron chi connectivity index (χ3n) is 5.66. The highest BCUT2D eigenvalue weighted by atomic mass is 16.2. The molecule has 0 spiro atoms. The van der Waals surface area contributed by atoms with Crippen molar-refractivity contribution >= 4 is 5.91 Å². The van der Waals surface area contributed by atoms with Crippen LogP contribution in [0.4, 0.5) is 0 Å². The van der Waals surface area contributed by atoms with Crippen LogP contribution in [0.15, 0.2) is 6.33 Å². The number of aromatic nitrogens is 3. The monoisotopic (exact) mass is 348 g/mol. The van der Waals surface area contributed by atoms with E-state index in [1.807, 2.05) is 11.6 Å². The topological polar surface area (TPSA) is 57.5 Å². The third-order valence-corrected chi connectivity index (χ3v) is 5.66. The summed E-state index contributed by atoms with van der Waals surface area (Å²) in [5, 5.41) is 8.21. The Morgan fingerprint density at radius 3 is 2.40 bits per heavy atom. The highest BCUT2D eigenvalue weighted by Crippen LogP contribution is 2.22. The van der Waals surface area contributed by atoms with E-state index in [9.17, 15) is 4.79 Å². The number of carbonyl (C=O) groups is 1. The van der Waals surface area contributed by atoms with Gasteiger partial charge in [-0.1, -0.05) is 13.8 Å². The van der Waals surface area contributed by atoms with Crippen LogP contribution < -0.4 is 0 Å². The number of amides is 1. The van der Waals surface area contributed by atoms with E-state index in [1.165, 1.54) is 6.42 Å². The van der Waals surface area contributed by atoms with Crippen molar-refractivity contribution in [3.05, 3.63) is 12.2 Å². The van der Waals surface area contributed by atoms with Crippen LogP contribution in [0.3, 0.4) is 0 Å². The highest BCUT2D eigenvalue weighted by molar-refractivity contribution is 5.78. The van der Waals surface area contributed by atoms with E-state index >= 15 is 0 Å². The average Bonchev–Trinajstić information content (AvgIpc) is 3.00. The van der Waals surface area contributed by atoms with E-state index in [0.29, 0.717) is 24.3 Å². The third kappa shape index (κ3) is 4.39. The minimum Gasteiger partial charge on any atom is -0.341 e. The van der Waals surface area contributed by atoms with Gasteiger partial charge >= 0.3 is 0 Å². The first kappa shape index (κ1) is 18.3. The van der Waals surface area contributed by atoms with Gasteiger partial charge in [-0.15, -0.1) is 10.2 Å². The Labute approximate surface area is 151 Å². The van der Waals surface area contributed by atoms with Gasteiger partial charge in [0.25, 0.3) is 0 Å². The fourth-order valence-corrected chi connectivity index (χ4v) is 4.30. The number of rotatable bonds is 4. The first-order chi connectivity index (χ1) is 11.9.